The first kappa shape index (κ1) is 21.4. The topological polar surface area (TPSA) is 65.1 Å². The van der Waals surface area contributed by atoms with Gasteiger partial charge in [0.15, 0.2) is 5.78 Å². The Balaban J connectivity index is 1.38. The van der Waals surface area contributed by atoms with Gasteiger partial charge in [-0.15, -0.1) is 0 Å². The fourth-order valence-electron chi connectivity index (χ4n) is 3.91. The zero-order valence-electron chi connectivity index (χ0n) is 17.2. The van der Waals surface area contributed by atoms with Crippen molar-refractivity contribution in [1.29, 1.82) is 0 Å². The number of benzene rings is 2. The second-order valence-electron chi connectivity index (χ2n) is 7.79. The fourth-order valence-corrected chi connectivity index (χ4v) is 4.13. The highest BCUT2D eigenvalue weighted by Gasteiger charge is 2.28. The van der Waals surface area contributed by atoms with Crippen molar-refractivity contribution in [2.45, 2.75) is 19.3 Å². The Hall–Kier alpha value is -2.80. The zero-order valence-corrected chi connectivity index (χ0v) is 17.9. The quantitative estimate of drug-likeness (QED) is 0.695. The summed E-state index contributed by atoms with van der Waals surface area (Å²) >= 11 is 6.01. The van der Waals surface area contributed by atoms with Gasteiger partial charge in [-0.05, 0) is 43.0 Å². The number of methoxy groups -OCH3 is 1. The molecule has 0 bridgehead atoms. The van der Waals surface area contributed by atoms with Gasteiger partial charge in [0.25, 0.3) is 5.91 Å². The second-order valence-corrected chi connectivity index (χ2v) is 8.19. The lowest BCUT2D eigenvalue weighted by molar-refractivity contribution is -0.121. The minimum Gasteiger partial charge on any atom is -0.496 e. The summed E-state index contributed by atoms with van der Waals surface area (Å²) in [6.07, 6.45) is 1.81. The highest BCUT2D eigenvalue weighted by Crippen LogP contribution is 2.33. The van der Waals surface area contributed by atoms with E-state index in [-0.39, 0.29) is 35.7 Å². The van der Waals surface area contributed by atoms with Gasteiger partial charge in [0.05, 0.1) is 24.3 Å². The number of ether oxygens (including phenoxy) is 3. The Morgan fingerprint density at radius 2 is 2.00 bits per heavy atom. The molecule has 2 aromatic rings. The standard InChI is InChI=1S/C23H23ClFNO5/c1-29-22-11-21-15(8-17(27)13-31-21)9-18(22)23(28)26-6-4-14(5-7-26)12-30-20-3-2-16(25)10-19(20)24/h2-3,9-11,14H,4-8,12-13H2,1H3. The highest BCUT2D eigenvalue weighted by atomic mass is 35.5. The van der Waals surface area contributed by atoms with Gasteiger partial charge in [0.1, 0.15) is 29.7 Å². The normalized spacial score (nSPS) is 16.5. The number of rotatable bonds is 5. The molecule has 0 saturated carbocycles. The first-order valence-electron chi connectivity index (χ1n) is 10.2. The van der Waals surface area contributed by atoms with E-state index in [0.717, 1.165) is 12.8 Å². The zero-order chi connectivity index (χ0) is 22.0. The van der Waals surface area contributed by atoms with E-state index in [4.69, 9.17) is 25.8 Å². The summed E-state index contributed by atoms with van der Waals surface area (Å²) in [5, 5.41) is 0.245. The lowest BCUT2D eigenvalue weighted by Crippen LogP contribution is -2.40. The van der Waals surface area contributed by atoms with E-state index in [1.165, 1.54) is 25.3 Å². The lowest BCUT2D eigenvalue weighted by Gasteiger charge is -2.32. The maximum atomic E-state index is 13.2. The molecular formula is C23H23ClFNO5. The fraction of sp³-hybridized carbons (Fsp3) is 0.391. The molecule has 0 aromatic heterocycles. The predicted octanol–water partition coefficient (Wildman–Crippen LogP) is 3.92. The van der Waals surface area contributed by atoms with Crippen LogP contribution in [0.3, 0.4) is 0 Å². The average molecular weight is 448 g/mol. The van der Waals surface area contributed by atoms with Crippen molar-refractivity contribution in [3.63, 3.8) is 0 Å². The molecule has 0 unspecified atom stereocenters. The number of nitrogens with zero attached hydrogens (tertiary/aromatic N) is 1. The van der Waals surface area contributed by atoms with Crippen LogP contribution in [-0.4, -0.2) is 50.0 Å². The molecule has 1 amide bonds. The van der Waals surface area contributed by atoms with Gasteiger partial charge in [-0.2, -0.15) is 0 Å². The molecule has 2 heterocycles. The third-order valence-electron chi connectivity index (χ3n) is 5.66. The molecule has 0 radical (unpaired) electrons. The van der Waals surface area contributed by atoms with E-state index in [0.29, 0.717) is 48.1 Å². The van der Waals surface area contributed by atoms with E-state index in [1.54, 1.807) is 17.0 Å². The van der Waals surface area contributed by atoms with Gasteiger partial charge in [-0.1, -0.05) is 11.6 Å². The van der Waals surface area contributed by atoms with Crippen LogP contribution in [-0.2, 0) is 11.2 Å². The highest BCUT2D eigenvalue weighted by molar-refractivity contribution is 6.32. The molecule has 0 aliphatic carbocycles. The molecule has 2 aliphatic heterocycles. The maximum absolute atomic E-state index is 13.2. The van der Waals surface area contributed by atoms with E-state index < -0.39 is 5.82 Å². The summed E-state index contributed by atoms with van der Waals surface area (Å²) in [7, 11) is 1.51. The second kappa shape index (κ2) is 9.14. The summed E-state index contributed by atoms with van der Waals surface area (Å²) in [5.74, 6) is 1.20. The molecule has 8 heteroatoms. The Bertz CT molecular complexity index is 1000. The van der Waals surface area contributed by atoms with Crippen LogP contribution in [0.15, 0.2) is 30.3 Å². The van der Waals surface area contributed by atoms with Crippen molar-refractivity contribution in [2.24, 2.45) is 5.92 Å². The first-order chi connectivity index (χ1) is 14.9. The number of fused-ring (bicyclic) bond motifs is 1. The van der Waals surface area contributed by atoms with Gasteiger partial charge in [0.2, 0.25) is 0 Å². The van der Waals surface area contributed by atoms with Gasteiger partial charge in [0, 0.05) is 31.1 Å². The molecule has 4 rings (SSSR count). The molecule has 164 valence electrons. The number of halogens is 2. The maximum Gasteiger partial charge on any atom is 0.257 e. The molecule has 2 aliphatic rings. The summed E-state index contributed by atoms with van der Waals surface area (Å²) in [6.45, 7) is 1.66. The minimum atomic E-state index is -0.405. The van der Waals surface area contributed by atoms with Crippen LogP contribution >= 0.6 is 11.6 Å². The summed E-state index contributed by atoms with van der Waals surface area (Å²) in [6, 6.07) is 7.45. The molecule has 2 aromatic carbocycles. The molecular weight excluding hydrogens is 425 g/mol. The van der Waals surface area contributed by atoms with Gasteiger partial charge >= 0.3 is 0 Å². The lowest BCUT2D eigenvalue weighted by atomic mass is 9.96. The smallest absolute Gasteiger partial charge is 0.257 e. The molecule has 0 spiro atoms. The van der Waals surface area contributed by atoms with Gasteiger partial charge < -0.3 is 19.1 Å². The Morgan fingerprint density at radius 1 is 1.23 bits per heavy atom. The number of carbonyl (C=O) groups excluding carboxylic acids is 2. The van der Waals surface area contributed by atoms with E-state index in [9.17, 15) is 14.0 Å². The molecule has 0 N–H and O–H groups in total. The number of likely N-dealkylation sites (tertiary alicyclic amines) is 1. The largest absolute Gasteiger partial charge is 0.496 e. The van der Waals surface area contributed by atoms with Crippen LogP contribution in [0.2, 0.25) is 5.02 Å². The Kier molecular flexibility index (Phi) is 6.32. The summed E-state index contributed by atoms with van der Waals surface area (Å²) < 4.78 is 29.8. The number of ketones is 1. The molecule has 6 nitrogen and oxygen atoms in total. The number of piperidine rings is 1. The van der Waals surface area contributed by atoms with Crippen molar-refractivity contribution in [1.82, 2.24) is 4.90 Å². The van der Waals surface area contributed by atoms with Crippen molar-refractivity contribution in [3.05, 3.63) is 52.3 Å². The summed E-state index contributed by atoms with van der Waals surface area (Å²) in [5.41, 5.74) is 1.15. The number of hydrogen-bond acceptors (Lipinski definition) is 5. The van der Waals surface area contributed by atoms with Crippen molar-refractivity contribution in [2.75, 3.05) is 33.4 Å². The summed E-state index contributed by atoms with van der Waals surface area (Å²) in [4.78, 5) is 26.6. The van der Waals surface area contributed by atoms with Crippen LogP contribution in [0, 0.1) is 11.7 Å². The van der Waals surface area contributed by atoms with Crippen molar-refractivity contribution < 1.29 is 28.2 Å². The van der Waals surface area contributed by atoms with Crippen LogP contribution in [0.4, 0.5) is 4.39 Å². The third kappa shape index (κ3) is 4.77. The third-order valence-corrected chi connectivity index (χ3v) is 5.95. The van der Waals surface area contributed by atoms with Crippen LogP contribution < -0.4 is 14.2 Å². The van der Waals surface area contributed by atoms with Gasteiger partial charge in [-0.3, -0.25) is 9.59 Å². The number of Topliss-reactive ketones (excluding diaryl/α,β-unsaturated/α-hetero) is 1. The first-order valence-corrected chi connectivity index (χ1v) is 10.5. The van der Waals surface area contributed by atoms with Crippen molar-refractivity contribution >= 4 is 23.3 Å². The molecule has 1 fully saturated rings. The van der Waals surface area contributed by atoms with Crippen molar-refractivity contribution in [3.8, 4) is 17.2 Å². The van der Waals surface area contributed by atoms with Crippen LogP contribution in [0.5, 0.6) is 17.2 Å². The van der Waals surface area contributed by atoms with E-state index >= 15 is 0 Å². The average Bonchev–Trinajstić information content (AvgIpc) is 2.77. The Labute approximate surface area is 184 Å². The molecule has 0 atom stereocenters. The van der Waals surface area contributed by atoms with Gasteiger partial charge in [-0.25, -0.2) is 4.39 Å². The number of carbonyl (C=O) groups is 2. The predicted molar refractivity (Wildman–Crippen MR) is 113 cm³/mol. The number of hydrogen-bond donors (Lipinski definition) is 0. The minimum absolute atomic E-state index is 0.0156. The van der Waals surface area contributed by atoms with E-state index in [2.05, 4.69) is 0 Å². The SMILES string of the molecule is COc1cc2c(cc1C(=O)N1CCC(COc3ccc(F)cc3Cl)CC1)CC(=O)CO2. The van der Waals surface area contributed by atoms with Crippen LogP contribution in [0.1, 0.15) is 28.8 Å². The monoisotopic (exact) mass is 447 g/mol. The van der Waals surface area contributed by atoms with Crippen LogP contribution in [0.25, 0.3) is 0 Å². The Morgan fingerprint density at radius 3 is 2.71 bits per heavy atom. The number of amides is 1. The molecule has 31 heavy (non-hydrogen) atoms. The van der Waals surface area contributed by atoms with E-state index in [1.807, 2.05) is 0 Å². The molecule has 1 saturated heterocycles.